The molecule has 96 valence electrons. The summed E-state index contributed by atoms with van der Waals surface area (Å²) < 4.78 is 0. The van der Waals surface area contributed by atoms with Crippen LogP contribution in [0.4, 0.5) is 5.69 Å². The molecule has 3 heteroatoms. The number of likely N-dealkylation sites (tertiary alicyclic amines) is 1. The molecule has 0 aromatic heterocycles. The van der Waals surface area contributed by atoms with Crippen LogP contribution in [0.25, 0.3) is 0 Å². The minimum absolute atomic E-state index is 0.465. The molecule has 1 heterocycles. The van der Waals surface area contributed by atoms with Gasteiger partial charge >= 0.3 is 0 Å². The molecule has 18 heavy (non-hydrogen) atoms. The molecule has 1 N–H and O–H groups in total. The van der Waals surface area contributed by atoms with Crippen molar-refractivity contribution in [3.05, 3.63) is 29.3 Å². The van der Waals surface area contributed by atoms with Crippen molar-refractivity contribution in [1.82, 2.24) is 4.90 Å². The molecule has 0 bridgehead atoms. The highest BCUT2D eigenvalue weighted by Gasteiger charge is 2.19. The number of likely N-dealkylation sites (N-methyl/N-ethyl adjacent to an activating group) is 1. The quantitative estimate of drug-likeness (QED) is 0.887. The van der Waals surface area contributed by atoms with Crippen molar-refractivity contribution in [2.75, 3.05) is 25.0 Å². The number of anilines is 1. The fourth-order valence-corrected chi connectivity index (χ4v) is 2.62. The maximum Gasteiger partial charge on any atom is 0.101 e. The molecule has 0 radical (unpaired) electrons. The van der Waals surface area contributed by atoms with Gasteiger partial charge < -0.3 is 10.2 Å². The van der Waals surface area contributed by atoms with Crippen molar-refractivity contribution < 1.29 is 0 Å². The summed E-state index contributed by atoms with van der Waals surface area (Å²) in [6, 6.07) is 8.63. The lowest BCUT2D eigenvalue weighted by atomic mass is 10.0. The Balaban J connectivity index is 2.12. The molecule has 0 saturated carbocycles. The van der Waals surface area contributed by atoms with E-state index in [4.69, 9.17) is 0 Å². The van der Waals surface area contributed by atoms with Gasteiger partial charge in [-0.3, -0.25) is 0 Å². The van der Waals surface area contributed by atoms with Crippen LogP contribution in [0.2, 0.25) is 0 Å². The summed E-state index contributed by atoms with van der Waals surface area (Å²) in [5.41, 5.74) is 2.93. The fourth-order valence-electron chi connectivity index (χ4n) is 2.62. The number of para-hydroxylation sites is 1. The van der Waals surface area contributed by atoms with Gasteiger partial charge in [-0.25, -0.2) is 0 Å². The number of hydrogen-bond acceptors (Lipinski definition) is 3. The molecule has 2 rings (SSSR count). The third-order valence-corrected chi connectivity index (χ3v) is 3.69. The highest BCUT2D eigenvalue weighted by molar-refractivity contribution is 5.62. The summed E-state index contributed by atoms with van der Waals surface area (Å²) >= 11 is 0. The largest absolute Gasteiger partial charge is 0.380 e. The number of piperidine rings is 1. The zero-order valence-corrected chi connectivity index (χ0v) is 11.2. The van der Waals surface area contributed by atoms with Crippen molar-refractivity contribution in [3.8, 4) is 6.07 Å². The van der Waals surface area contributed by atoms with Gasteiger partial charge in [-0.15, -0.1) is 0 Å². The van der Waals surface area contributed by atoms with E-state index in [1.807, 2.05) is 12.1 Å². The average Bonchev–Trinajstić information content (AvgIpc) is 2.41. The maximum absolute atomic E-state index is 9.17. The Morgan fingerprint density at radius 3 is 3.06 bits per heavy atom. The monoisotopic (exact) mass is 243 g/mol. The number of benzene rings is 1. The second-order valence-corrected chi connectivity index (χ2v) is 4.99. The first-order chi connectivity index (χ1) is 8.74. The zero-order chi connectivity index (χ0) is 13.0. The van der Waals surface area contributed by atoms with Gasteiger partial charge in [0.25, 0.3) is 0 Å². The lowest BCUT2D eigenvalue weighted by Crippen LogP contribution is -2.42. The first-order valence-electron chi connectivity index (χ1n) is 6.73. The SMILES string of the molecule is CCN1CCCC(Nc2c(C)cccc2C#N)C1. The molecule has 1 fully saturated rings. The molecule has 1 aliphatic rings. The first-order valence-corrected chi connectivity index (χ1v) is 6.73. The second kappa shape index (κ2) is 5.88. The van der Waals surface area contributed by atoms with Gasteiger partial charge in [0.05, 0.1) is 11.3 Å². The van der Waals surface area contributed by atoms with Crippen molar-refractivity contribution in [2.24, 2.45) is 0 Å². The molecule has 1 unspecified atom stereocenters. The van der Waals surface area contributed by atoms with Gasteiger partial charge in [0, 0.05) is 12.6 Å². The number of rotatable bonds is 3. The summed E-state index contributed by atoms with van der Waals surface area (Å²) in [5, 5.41) is 12.7. The van der Waals surface area contributed by atoms with Crippen LogP contribution >= 0.6 is 0 Å². The molecule has 1 saturated heterocycles. The Morgan fingerprint density at radius 1 is 1.50 bits per heavy atom. The number of hydrogen-bond donors (Lipinski definition) is 1. The van der Waals surface area contributed by atoms with Crippen LogP contribution < -0.4 is 5.32 Å². The molecule has 3 nitrogen and oxygen atoms in total. The Morgan fingerprint density at radius 2 is 2.33 bits per heavy atom. The number of nitrogens with zero attached hydrogens (tertiary/aromatic N) is 2. The van der Waals surface area contributed by atoms with E-state index in [1.54, 1.807) is 0 Å². The Bertz CT molecular complexity index is 448. The Hall–Kier alpha value is -1.53. The van der Waals surface area contributed by atoms with Crippen molar-refractivity contribution >= 4 is 5.69 Å². The van der Waals surface area contributed by atoms with Crippen LogP contribution in [-0.4, -0.2) is 30.6 Å². The summed E-state index contributed by atoms with van der Waals surface area (Å²) in [7, 11) is 0. The minimum Gasteiger partial charge on any atom is -0.380 e. The minimum atomic E-state index is 0.465. The average molecular weight is 243 g/mol. The molecule has 0 aliphatic carbocycles. The highest BCUT2D eigenvalue weighted by Crippen LogP contribution is 2.23. The van der Waals surface area contributed by atoms with E-state index in [0.717, 1.165) is 29.9 Å². The Labute approximate surface area is 109 Å². The van der Waals surface area contributed by atoms with E-state index in [1.165, 1.54) is 19.4 Å². The lowest BCUT2D eigenvalue weighted by molar-refractivity contribution is 0.227. The molecular weight excluding hydrogens is 222 g/mol. The van der Waals surface area contributed by atoms with Gasteiger partial charge in [-0.2, -0.15) is 5.26 Å². The zero-order valence-electron chi connectivity index (χ0n) is 11.2. The number of nitriles is 1. The summed E-state index contributed by atoms with van der Waals surface area (Å²) in [5.74, 6) is 0. The van der Waals surface area contributed by atoms with E-state index in [9.17, 15) is 5.26 Å². The van der Waals surface area contributed by atoms with Crippen LogP contribution in [0.3, 0.4) is 0 Å². The fraction of sp³-hybridized carbons (Fsp3) is 0.533. The lowest BCUT2D eigenvalue weighted by Gasteiger charge is -2.33. The van der Waals surface area contributed by atoms with Gasteiger partial charge in [0.15, 0.2) is 0 Å². The van der Waals surface area contributed by atoms with Crippen LogP contribution in [0.5, 0.6) is 0 Å². The van der Waals surface area contributed by atoms with E-state index >= 15 is 0 Å². The summed E-state index contributed by atoms with van der Waals surface area (Å²) in [6.45, 7) is 7.65. The highest BCUT2D eigenvalue weighted by atomic mass is 15.2. The van der Waals surface area contributed by atoms with Crippen LogP contribution in [0.1, 0.15) is 30.9 Å². The van der Waals surface area contributed by atoms with E-state index in [-0.39, 0.29) is 0 Å². The third-order valence-electron chi connectivity index (χ3n) is 3.69. The van der Waals surface area contributed by atoms with E-state index in [2.05, 4.69) is 36.2 Å². The molecule has 1 aliphatic heterocycles. The van der Waals surface area contributed by atoms with Gasteiger partial charge in [-0.05, 0) is 44.5 Å². The summed E-state index contributed by atoms with van der Waals surface area (Å²) in [4.78, 5) is 2.46. The van der Waals surface area contributed by atoms with Gasteiger partial charge in [-0.1, -0.05) is 19.1 Å². The second-order valence-electron chi connectivity index (χ2n) is 4.99. The van der Waals surface area contributed by atoms with Crippen LogP contribution in [-0.2, 0) is 0 Å². The van der Waals surface area contributed by atoms with E-state index < -0.39 is 0 Å². The maximum atomic E-state index is 9.17. The molecule has 1 aromatic rings. The van der Waals surface area contributed by atoms with Crippen molar-refractivity contribution in [3.63, 3.8) is 0 Å². The molecule has 1 atom stereocenters. The van der Waals surface area contributed by atoms with Crippen molar-refractivity contribution in [1.29, 1.82) is 5.26 Å². The molecule has 0 spiro atoms. The Kier molecular flexibility index (Phi) is 4.22. The predicted molar refractivity (Wildman–Crippen MR) is 74.7 cm³/mol. The molecular formula is C15H21N3. The van der Waals surface area contributed by atoms with E-state index in [0.29, 0.717) is 6.04 Å². The number of nitrogens with one attached hydrogen (secondary N) is 1. The standard InChI is InChI=1S/C15H21N3/c1-3-18-9-5-8-14(11-18)17-15-12(2)6-4-7-13(15)10-16/h4,6-7,14,17H,3,5,8-9,11H2,1-2H3. The normalized spacial score (nSPS) is 20.4. The topological polar surface area (TPSA) is 39.1 Å². The third kappa shape index (κ3) is 2.83. The van der Waals surface area contributed by atoms with Crippen LogP contribution in [0, 0.1) is 18.3 Å². The summed E-state index contributed by atoms with van der Waals surface area (Å²) in [6.07, 6.45) is 2.43. The van der Waals surface area contributed by atoms with Gasteiger partial charge in [0.1, 0.15) is 6.07 Å². The molecule has 1 aromatic carbocycles. The van der Waals surface area contributed by atoms with Crippen molar-refractivity contribution in [2.45, 2.75) is 32.7 Å². The van der Waals surface area contributed by atoms with Crippen LogP contribution in [0.15, 0.2) is 18.2 Å². The smallest absolute Gasteiger partial charge is 0.101 e. The van der Waals surface area contributed by atoms with Gasteiger partial charge in [0.2, 0.25) is 0 Å². The predicted octanol–water partition coefficient (Wildman–Crippen LogP) is 2.76. The first kappa shape index (κ1) is 12.9. The molecule has 0 amide bonds. The number of aryl methyl sites for hydroxylation is 1.